The summed E-state index contributed by atoms with van der Waals surface area (Å²) < 4.78 is -0.503. The second-order valence-corrected chi connectivity index (χ2v) is 6.02. The van der Waals surface area contributed by atoms with Crippen LogP contribution in [0.1, 0.15) is 38.2 Å². The van der Waals surface area contributed by atoms with E-state index in [1.807, 2.05) is 37.3 Å². The van der Waals surface area contributed by atoms with Gasteiger partial charge in [0, 0.05) is 25.8 Å². The number of hydrogen-bond acceptors (Lipinski definition) is 3. The average molecular weight is 305 g/mol. The zero-order valence-corrected chi connectivity index (χ0v) is 13.1. The minimum Gasteiger partial charge on any atom is -0.356 e. The number of quaternary nitrogens is 1. The first-order valence-electron chi connectivity index (χ1n) is 7.97. The smallest absolute Gasteiger partial charge is 0.346 e. The molecule has 0 aliphatic carbocycles. The second kappa shape index (κ2) is 7.51. The zero-order valence-electron chi connectivity index (χ0n) is 13.1. The topological polar surface area (TPSA) is 66.4 Å². The molecule has 2 rings (SSSR count). The number of likely N-dealkylation sites (tertiary alicyclic amines) is 1. The molecule has 1 aromatic carbocycles. The molecule has 5 nitrogen and oxygen atoms in total. The van der Waals surface area contributed by atoms with Gasteiger partial charge >= 0.3 is 5.91 Å². The van der Waals surface area contributed by atoms with Gasteiger partial charge in [0.15, 0.2) is 0 Å². The van der Waals surface area contributed by atoms with Gasteiger partial charge in [-0.25, -0.2) is 10.0 Å². The summed E-state index contributed by atoms with van der Waals surface area (Å²) in [4.78, 5) is 23.9. The van der Waals surface area contributed by atoms with Crippen LogP contribution in [-0.2, 0) is 16.0 Å². The van der Waals surface area contributed by atoms with E-state index in [-0.39, 0.29) is 30.7 Å². The molecule has 1 aliphatic rings. The second-order valence-electron chi connectivity index (χ2n) is 6.02. The fraction of sp³-hybridized carbons (Fsp3) is 0.529. The summed E-state index contributed by atoms with van der Waals surface area (Å²) in [6, 6.07) is 9.87. The fourth-order valence-electron chi connectivity index (χ4n) is 2.93. The molecule has 0 aromatic heterocycles. The highest BCUT2D eigenvalue weighted by molar-refractivity contribution is 5.81. The Kier molecular flexibility index (Phi) is 5.69. The molecule has 0 radical (unpaired) electrons. The van der Waals surface area contributed by atoms with Crippen LogP contribution >= 0.6 is 0 Å². The van der Waals surface area contributed by atoms with Crippen LogP contribution in [0.3, 0.4) is 0 Å². The quantitative estimate of drug-likeness (QED) is 0.624. The maximum Gasteiger partial charge on any atom is 0.346 e. The van der Waals surface area contributed by atoms with Crippen molar-refractivity contribution in [1.29, 1.82) is 0 Å². The van der Waals surface area contributed by atoms with Crippen LogP contribution in [0.25, 0.3) is 0 Å². The third kappa shape index (κ3) is 4.15. The Morgan fingerprint density at radius 1 is 1.27 bits per heavy atom. The van der Waals surface area contributed by atoms with E-state index in [2.05, 4.69) is 5.32 Å². The summed E-state index contributed by atoms with van der Waals surface area (Å²) in [6.07, 6.45) is 2.72. The van der Waals surface area contributed by atoms with Gasteiger partial charge in [-0.15, -0.1) is 4.65 Å². The summed E-state index contributed by atoms with van der Waals surface area (Å²) in [5.41, 5.74) is 1.17. The number of nitrogens with one attached hydrogen (secondary N) is 1. The predicted molar refractivity (Wildman–Crippen MR) is 83.0 cm³/mol. The molecule has 1 aliphatic heterocycles. The number of hydroxylamine groups is 3. The minimum atomic E-state index is -0.503. The van der Waals surface area contributed by atoms with Gasteiger partial charge in [0.2, 0.25) is 5.91 Å². The summed E-state index contributed by atoms with van der Waals surface area (Å²) in [7, 11) is 0. The lowest BCUT2D eigenvalue weighted by Gasteiger charge is -2.26. The molecule has 1 unspecified atom stereocenters. The highest BCUT2D eigenvalue weighted by Crippen LogP contribution is 2.25. The molecule has 22 heavy (non-hydrogen) atoms. The zero-order chi connectivity index (χ0) is 16.0. The minimum absolute atomic E-state index is 0.0614. The van der Waals surface area contributed by atoms with Crippen LogP contribution < -0.4 is 5.32 Å². The monoisotopic (exact) mass is 305 g/mol. The van der Waals surface area contributed by atoms with E-state index in [0.29, 0.717) is 13.1 Å². The van der Waals surface area contributed by atoms with Crippen molar-refractivity contribution in [3.05, 3.63) is 35.9 Å². The number of nitrogens with zero attached hydrogens (tertiary/aromatic N) is 1. The van der Waals surface area contributed by atoms with Crippen molar-refractivity contribution in [3.8, 4) is 0 Å². The Balaban J connectivity index is 1.68. The van der Waals surface area contributed by atoms with Gasteiger partial charge < -0.3 is 5.32 Å². The molecule has 0 bridgehead atoms. The van der Waals surface area contributed by atoms with E-state index in [4.69, 9.17) is 0 Å². The number of carbonyl (C=O) groups is 2. The number of rotatable bonds is 6. The first-order chi connectivity index (χ1) is 10.5. The van der Waals surface area contributed by atoms with E-state index < -0.39 is 4.65 Å². The molecule has 0 spiro atoms. The fourth-order valence-corrected chi connectivity index (χ4v) is 2.93. The van der Waals surface area contributed by atoms with Crippen molar-refractivity contribution in [2.24, 2.45) is 0 Å². The first kappa shape index (κ1) is 16.6. The van der Waals surface area contributed by atoms with Gasteiger partial charge in [-0.05, 0) is 18.9 Å². The molecule has 2 atom stereocenters. The van der Waals surface area contributed by atoms with Crippen LogP contribution in [0.15, 0.2) is 30.3 Å². The number of carbonyl (C=O) groups excluding carboxylic acids is 2. The van der Waals surface area contributed by atoms with Gasteiger partial charge in [0.05, 0.1) is 6.42 Å². The van der Waals surface area contributed by atoms with Crippen LogP contribution in [0.2, 0.25) is 0 Å². The summed E-state index contributed by atoms with van der Waals surface area (Å²) in [6.45, 7) is 2.91. The SMILES string of the molecule is C[C@@H]1CCC[N+]1(O)C(=O)CCC(=O)NCCc1ccccc1. The Labute approximate surface area is 131 Å². The molecule has 1 heterocycles. The lowest BCUT2D eigenvalue weighted by atomic mass is 10.1. The molecule has 1 saturated heterocycles. The Morgan fingerprint density at radius 3 is 2.64 bits per heavy atom. The molecule has 0 saturated carbocycles. The van der Waals surface area contributed by atoms with Crippen molar-refractivity contribution in [2.75, 3.05) is 13.1 Å². The molecule has 2 N–H and O–H groups in total. The Bertz CT molecular complexity index is 518. The Hall–Kier alpha value is -1.72. The van der Waals surface area contributed by atoms with E-state index in [0.717, 1.165) is 19.3 Å². The highest BCUT2D eigenvalue weighted by atomic mass is 16.6. The van der Waals surface area contributed by atoms with Crippen molar-refractivity contribution < 1.29 is 19.4 Å². The first-order valence-corrected chi connectivity index (χ1v) is 7.97. The van der Waals surface area contributed by atoms with E-state index in [1.54, 1.807) is 0 Å². The summed E-state index contributed by atoms with van der Waals surface area (Å²) in [5, 5.41) is 13.1. The molecular formula is C17H25N2O3+. The maximum absolute atomic E-state index is 12.1. The lowest BCUT2D eigenvalue weighted by molar-refractivity contribution is -1.05. The van der Waals surface area contributed by atoms with Crippen LogP contribution in [0.5, 0.6) is 0 Å². The summed E-state index contributed by atoms with van der Waals surface area (Å²) >= 11 is 0. The summed E-state index contributed by atoms with van der Waals surface area (Å²) in [5.74, 6) is -0.383. The van der Waals surface area contributed by atoms with Crippen molar-refractivity contribution in [1.82, 2.24) is 5.32 Å². The largest absolute Gasteiger partial charge is 0.356 e. The molecule has 120 valence electrons. The van der Waals surface area contributed by atoms with E-state index in [9.17, 15) is 14.8 Å². The standard InChI is InChI=1S/C17H24N2O3/c1-14-6-5-13-19(14,22)17(21)10-9-16(20)18-12-11-15-7-3-2-4-8-15/h2-4,7-8,14,22H,5-6,9-13H2,1H3/p+1/t14-,19?/m1/s1. The van der Waals surface area contributed by atoms with Crippen molar-refractivity contribution >= 4 is 11.8 Å². The maximum atomic E-state index is 12.1. The van der Waals surface area contributed by atoms with Crippen LogP contribution in [0, 0.1) is 0 Å². The number of benzene rings is 1. The molecule has 5 heteroatoms. The molecule has 2 amide bonds. The van der Waals surface area contributed by atoms with Gasteiger partial charge in [0.1, 0.15) is 12.6 Å². The molecule has 1 fully saturated rings. The van der Waals surface area contributed by atoms with Crippen LogP contribution in [-0.4, -0.2) is 40.8 Å². The predicted octanol–water partition coefficient (Wildman–Crippen LogP) is 2.04. The van der Waals surface area contributed by atoms with Gasteiger partial charge in [0.25, 0.3) is 0 Å². The van der Waals surface area contributed by atoms with Crippen LogP contribution in [0.4, 0.5) is 0 Å². The molecule has 1 aromatic rings. The highest BCUT2D eigenvalue weighted by Gasteiger charge is 2.45. The van der Waals surface area contributed by atoms with Gasteiger partial charge in [-0.2, -0.15) is 0 Å². The van der Waals surface area contributed by atoms with E-state index in [1.165, 1.54) is 5.56 Å². The third-order valence-corrected chi connectivity index (χ3v) is 4.43. The normalized spacial score (nSPS) is 24.2. The molecular weight excluding hydrogens is 280 g/mol. The number of hydrogen-bond donors (Lipinski definition) is 2. The van der Waals surface area contributed by atoms with Gasteiger partial charge in [-0.3, -0.25) is 4.79 Å². The van der Waals surface area contributed by atoms with E-state index >= 15 is 0 Å². The lowest BCUT2D eigenvalue weighted by Crippen LogP contribution is -2.52. The third-order valence-electron chi connectivity index (χ3n) is 4.43. The van der Waals surface area contributed by atoms with Gasteiger partial charge in [-0.1, -0.05) is 30.3 Å². The van der Waals surface area contributed by atoms with Crippen molar-refractivity contribution in [2.45, 2.75) is 45.1 Å². The average Bonchev–Trinajstić information content (AvgIpc) is 2.86. The Morgan fingerprint density at radius 2 is 2.00 bits per heavy atom. The number of amides is 2. The van der Waals surface area contributed by atoms with Crippen molar-refractivity contribution in [3.63, 3.8) is 0 Å².